The number of piperidine rings is 1. The van der Waals surface area contributed by atoms with Crippen molar-refractivity contribution in [3.63, 3.8) is 0 Å². The summed E-state index contributed by atoms with van der Waals surface area (Å²) in [6, 6.07) is -0.167. The van der Waals surface area contributed by atoms with Gasteiger partial charge in [0.15, 0.2) is 0 Å². The van der Waals surface area contributed by atoms with Crippen LogP contribution in [0.4, 0.5) is 0 Å². The molecule has 1 aliphatic carbocycles. The lowest BCUT2D eigenvalue weighted by Crippen LogP contribution is -2.52. The quantitative estimate of drug-likeness (QED) is 0.823. The highest BCUT2D eigenvalue weighted by Crippen LogP contribution is 2.32. The van der Waals surface area contributed by atoms with Gasteiger partial charge < -0.3 is 15.1 Å². The van der Waals surface area contributed by atoms with Crippen LogP contribution in [0.2, 0.25) is 0 Å². The number of amides is 3. The fourth-order valence-electron chi connectivity index (χ4n) is 3.83. The van der Waals surface area contributed by atoms with Crippen LogP contribution in [0.3, 0.4) is 0 Å². The van der Waals surface area contributed by atoms with E-state index in [0.717, 1.165) is 58.0 Å². The Hall–Kier alpha value is -1.59. The van der Waals surface area contributed by atoms with Gasteiger partial charge in [0.25, 0.3) is 0 Å². The third kappa shape index (κ3) is 3.90. The summed E-state index contributed by atoms with van der Waals surface area (Å²) < 4.78 is 0. The fourth-order valence-corrected chi connectivity index (χ4v) is 3.83. The molecule has 0 radical (unpaired) electrons. The highest BCUT2D eigenvalue weighted by Gasteiger charge is 2.37. The molecule has 2 saturated heterocycles. The lowest BCUT2D eigenvalue weighted by Gasteiger charge is -2.34. The molecule has 2 heterocycles. The first-order valence-corrected chi connectivity index (χ1v) is 9.48. The predicted octanol–water partition coefficient (Wildman–Crippen LogP) is 1.29. The van der Waals surface area contributed by atoms with Crippen LogP contribution in [0.1, 0.15) is 58.3 Å². The Bertz CT molecular complexity index is 496. The highest BCUT2D eigenvalue weighted by molar-refractivity contribution is 5.88. The van der Waals surface area contributed by atoms with Gasteiger partial charge in [-0.15, -0.1) is 0 Å². The van der Waals surface area contributed by atoms with Crippen molar-refractivity contribution in [2.45, 2.75) is 70.4 Å². The lowest BCUT2D eigenvalue weighted by atomic mass is 10.0. The van der Waals surface area contributed by atoms with Crippen molar-refractivity contribution < 1.29 is 14.4 Å². The lowest BCUT2D eigenvalue weighted by molar-refractivity contribution is -0.139. The van der Waals surface area contributed by atoms with Crippen LogP contribution in [0.15, 0.2) is 0 Å². The molecule has 6 heteroatoms. The smallest absolute Gasteiger partial charge is 0.243 e. The molecule has 1 N–H and O–H groups in total. The Balaban J connectivity index is 1.46. The molecule has 0 spiro atoms. The van der Waals surface area contributed by atoms with E-state index in [1.165, 1.54) is 0 Å². The maximum atomic E-state index is 12.6. The monoisotopic (exact) mass is 335 g/mol. The van der Waals surface area contributed by atoms with Crippen molar-refractivity contribution in [1.82, 2.24) is 15.1 Å². The minimum atomic E-state index is -0.296. The number of carbonyl (C=O) groups is 3. The summed E-state index contributed by atoms with van der Waals surface area (Å²) in [5.41, 5.74) is 0. The summed E-state index contributed by atoms with van der Waals surface area (Å²) in [7, 11) is 0. The van der Waals surface area contributed by atoms with Crippen LogP contribution in [0, 0.1) is 5.92 Å². The van der Waals surface area contributed by atoms with E-state index in [0.29, 0.717) is 18.9 Å². The van der Waals surface area contributed by atoms with Gasteiger partial charge >= 0.3 is 0 Å². The number of nitrogens with zero attached hydrogens (tertiary/aromatic N) is 2. The summed E-state index contributed by atoms with van der Waals surface area (Å²) in [6.07, 6.45) is 6.72. The maximum Gasteiger partial charge on any atom is 0.243 e. The van der Waals surface area contributed by atoms with E-state index in [2.05, 4.69) is 5.32 Å². The number of carbonyl (C=O) groups excluding carboxylic acids is 3. The standard InChI is InChI=1S/C18H29N3O3/c1-2-4-16(22)21-10-3-5-15(21)17(23)19-14-8-11-20(12-9-14)18(24)13-6-7-13/h13-15H,2-12H2,1H3,(H,19,23). The van der Waals surface area contributed by atoms with Gasteiger partial charge in [0.1, 0.15) is 6.04 Å². The van der Waals surface area contributed by atoms with Crippen LogP contribution < -0.4 is 5.32 Å². The highest BCUT2D eigenvalue weighted by atomic mass is 16.2. The Morgan fingerprint density at radius 3 is 2.33 bits per heavy atom. The fraction of sp³-hybridized carbons (Fsp3) is 0.833. The van der Waals surface area contributed by atoms with Crippen LogP contribution in [0.25, 0.3) is 0 Å². The minimum Gasteiger partial charge on any atom is -0.351 e. The largest absolute Gasteiger partial charge is 0.351 e. The number of hydrogen-bond acceptors (Lipinski definition) is 3. The summed E-state index contributed by atoms with van der Waals surface area (Å²) in [4.78, 5) is 40.5. The van der Waals surface area contributed by atoms with Crippen molar-refractivity contribution in [2.24, 2.45) is 5.92 Å². The van der Waals surface area contributed by atoms with E-state index < -0.39 is 0 Å². The second-order valence-corrected chi connectivity index (χ2v) is 7.38. The van der Waals surface area contributed by atoms with Crippen LogP contribution in [-0.4, -0.2) is 59.2 Å². The molecule has 2 aliphatic heterocycles. The molecule has 1 saturated carbocycles. The molecule has 134 valence electrons. The molecule has 1 atom stereocenters. The summed E-state index contributed by atoms with van der Waals surface area (Å²) in [6.45, 7) is 4.16. The molecule has 24 heavy (non-hydrogen) atoms. The van der Waals surface area contributed by atoms with E-state index >= 15 is 0 Å². The molecule has 0 aromatic rings. The van der Waals surface area contributed by atoms with Crippen molar-refractivity contribution in [3.05, 3.63) is 0 Å². The molecule has 3 aliphatic rings. The predicted molar refractivity (Wildman–Crippen MR) is 90.1 cm³/mol. The van der Waals surface area contributed by atoms with Gasteiger partial charge in [-0.25, -0.2) is 0 Å². The van der Waals surface area contributed by atoms with Crippen molar-refractivity contribution in [1.29, 1.82) is 0 Å². The van der Waals surface area contributed by atoms with Gasteiger partial charge in [-0.1, -0.05) is 6.92 Å². The molecule has 6 nitrogen and oxygen atoms in total. The Morgan fingerprint density at radius 2 is 1.71 bits per heavy atom. The van der Waals surface area contributed by atoms with Gasteiger partial charge in [0.2, 0.25) is 17.7 Å². The molecule has 0 bridgehead atoms. The topological polar surface area (TPSA) is 69.7 Å². The van der Waals surface area contributed by atoms with E-state index in [1.54, 1.807) is 4.90 Å². The zero-order chi connectivity index (χ0) is 17.1. The molecule has 3 amide bonds. The summed E-state index contributed by atoms with van der Waals surface area (Å²) in [5, 5.41) is 3.12. The molecule has 3 rings (SSSR count). The average Bonchev–Trinajstić information content (AvgIpc) is 3.31. The van der Waals surface area contributed by atoms with Gasteiger partial charge in [-0.2, -0.15) is 0 Å². The van der Waals surface area contributed by atoms with Gasteiger partial charge in [-0.05, 0) is 44.9 Å². The second-order valence-electron chi connectivity index (χ2n) is 7.38. The third-order valence-electron chi connectivity index (χ3n) is 5.42. The molecular formula is C18H29N3O3. The van der Waals surface area contributed by atoms with E-state index in [1.807, 2.05) is 11.8 Å². The third-order valence-corrected chi connectivity index (χ3v) is 5.42. The van der Waals surface area contributed by atoms with E-state index in [9.17, 15) is 14.4 Å². The van der Waals surface area contributed by atoms with Crippen LogP contribution in [0.5, 0.6) is 0 Å². The zero-order valence-electron chi connectivity index (χ0n) is 14.6. The van der Waals surface area contributed by atoms with Crippen LogP contribution in [-0.2, 0) is 14.4 Å². The number of likely N-dealkylation sites (tertiary alicyclic amines) is 2. The van der Waals surface area contributed by atoms with Crippen molar-refractivity contribution in [3.8, 4) is 0 Å². The van der Waals surface area contributed by atoms with Crippen molar-refractivity contribution >= 4 is 17.7 Å². The molecule has 0 aromatic carbocycles. The van der Waals surface area contributed by atoms with E-state index in [4.69, 9.17) is 0 Å². The van der Waals surface area contributed by atoms with E-state index in [-0.39, 0.29) is 29.8 Å². The average molecular weight is 335 g/mol. The Labute approximate surface area is 143 Å². The molecule has 1 unspecified atom stereocenters. The molecule has 3 fully saturated rings. The van der Waals surface area contributed by atoms with Gasteiger partial charge in [0, 0.05) is 38.0 Å². The normalized spacial score (nSPS) is 25.0. The first-order valence-electron chi connectivity index (χ1n) is 9.48. The van der Waals surface area contributed by atoms with Gasteiger partial charge in [0.05, 0.1) is 0 Å². The summed E-state index contributed by atoms with van der Waals surface area (Å²) >= 11 is 0. The molecular weight excluding hydrogens is 306 g/mol. The number of rotatable bonds is 5. The number of nitrogens with one attached hydrogen (secondary N) is 1. The first-order chi connectivity index (χ1) is 11.6. The molecule has 0 aromatic heterocycles. The Kier molecular flexibility index (Phi) is 5.41. The second kappa shape index (κ2) is 7.53. The van der Waals surface area contributed by atoms with Crippen molar-refractivity contribution in [2.75, 3.05) is 19.6 Å². The SMILES string of the molecule is CCCC(=O)N1CCCC1C(=O)NC1CCN(C(=O)C2CC2)CC1. The Morgan fingerprint density at radius 1 is 1.00 bits per heavy atom. The minimum absolute atomic E-state index is 0.0103. The maximum absolute atomic E-state index is 12.6. The number of hydrogen-bond donors (Lipinski definition) is 1. The zero-order valence-corrected chi connectivity index (χ0v) is 14.6. The first kappa shape index (κ1) is 17.2. The van der Waals surface area contributed by atoms with Crippen LogP contribution >= 0.6 is 0 Å². The van der Waals surface area contributed by atoms with Gasteiger partial charge in [-0.3, -0.25) is 14.4 Å². The summed E-state index contributed by atoms with van der Waals surface area (Å²) in [5.74, 6) is 0.656.